The third-order valence-corrected chi connectivity index (χ3v) is 4.77. The largest absolute Gasteiger partial charge is 0.372 e. The van der Waals surface area contributed by atoms with Gasteiger partial charge >= 0.3 is 0 Å². The van der Waals surface area contributed by atoms with E-state index in [0.29, 0.717) is 18.2 Å². The Kier molecular flexibility index (Phi) is 5.17. The molecule has 0 aromatic carbocycles. The fourth-order valence-corrected chi connectivity index (χ4v) is 3.45. The number of pyridine rings is 1. The minimum absolute atomic E-state index is 0.122. The molecule has 0 spiro atoms. The molecule has 2 aromatic rings. The number of nitrogens with one attached hydrogen (secondary N) is 1. The van der Waals surface area contributed by atoms with E-state index in [9.17, 15) is 0 Å². The number of hydrogen-bond donors (Lipinski definition) is 1. The Labute approximate surface area is 151 Å². The van der Waals surface area contributed by atoms with Crippen molar-refractivity contribution in [2.75, 3.05) is 38.2 Å². The summed E-state index contributed by atoms with van der Waals surface area (Å²) in [6.07, 6.45) is 5.53. The van der Waals surface area contributed by atoms with Crippen molar-refractivity contribution in [3.8, 4) is 0 Å². The number of anilines is 1. The minimum Gasteiger partial charge on any atom is -0.372 e. The van der Waals surface area contributed by atoms with Gasteiger partial charge in [0, 0.05) is 32.0 Å². The Bertz CT molecular complexity index is 667. The molecule has 2 aliphatic rings. The second kappa shape index (κ2) is 7.70. The van der Waals surface area contributed by atoms with Gasteiger partial charge in [0.15, 0.2) is 0 Å². The first-order chi connectivity index (χ1) is 12.3. The number of fused-ring (bicyclic) bond motifs is 1. The van der Waals surface area contributed by atoms with Gasteiger partial charge in [-0.2, -0.15) is 5.10 Å². The number of ether oxygens (including phenoxy) is 2. The van der Waals surface area contributed by atoms with Crippen LogP contribution >= 0.6 is 11.6 Å². The molecule has 0 radical (unpaired) electrons. The first-order valence-electron chi connectivity index (χ1n) is 8.57. The van der Waals surface area contributed by atoms with Crippen molar-refractivity contribution in [1.82, 2.24) is 19.7 Å². The zero-order chi connectivity index (χ0) is 17.1. The highest BCUT2D eigenvalue weighted by molar-refractivity contribution is 6.30. The lowest BCUT2D eigenvalue weighted by molar-refractivity contribution is -0.00461. The van der Waals surface area contributed by atoms with E-state index in [0.717, 1.165) is 32.0 Å². The molecule has 2 fully saturated rings. The molecule has 2 atom stereocenters. The lowest BCUT2D eigenvalue weighted by Crippen LogP contribution is -2.32. The van der Waals surface area contributed by atoms with Crippen LogP contribution in [0.1, 0.15) is 0 Å². The molecule has 1 N–H and O–H groups in total. The fourth-order valence-electron chi connectivity index (χ4n) is 3.29. The Hall–Kier alpha value is -1.67. The summed E-state index contributed by atoms with van der Waals surface area (Å²) >= 11 is 5.90. The summed E-state index contributed by atoms with van der Waals surface area (Å²) in [5.74, 6) is 0.853. The van der Waals surface area contributed by atoms with E-state index in [1.165, 1.54) is 0 Å². The Morgan fingerprint density at radius 3 is 2.60 bits per heavy atom. The Morgan fingerprint density at radius 2 is 1.96 bits per heavy atom. The molecule has 4 heterocycles. The smallest absolute Gasteiger partial charge is 0.126 e. The highest BCUT2D eigenvalue weighted by Crippen LogP contribution is 2.21. The number of aromatic nitrogens is 3. The van der Waals surface area contributed by atoms with Crippen LogP contribution in [0, 0.1) is 0 Å². The molecule has 4 rings (SSSR count). The molecule has 0 saturated carbocycles. The van der Waals surface area contributed by atoms with Crippen molar-refractivity contribution in [2.24, 2.45) is 0 Å². The van der Waals surface area contributed by atoms with Crippen molar-refractivity contribution in [3.63, 3.8) is 0 Å². The lowest BCUT2D eigenvalue weighted by Gasteiger charge is -2.19. The molecule has 8 heteroatoms. The van der Waals surface area contributed by atoms with Crippen molar-refractivity contribution < 1.29 is 9.47 Å². The summed E-state index contributed by atoms with van der Waals surface area (Å²) in [6, 6.07) is 5.95. The average Bonchev–Trinajstić information content (AvgIpc) is 3.17. The first kappa shape index (κ1) is 16.8. The molecular formula is C17H22ClN5O2. The summed E-state index contributed by atoms with van der Waals surface area (Å²) in [4.78, 5) is 6.65. The van der Waals surface area contributed by atoms with Crippen LogP contribution in [-0.2, 0) is 16.0 Å². The quantitative estimate of drug-likeness (QED) is 0.868. The zero-order valence-corrected chi connectivity index (χ0v) is 14.7. The maximum Gasteiger partial charge on any atom is 0.126 e. The Balaban J connectivity index is 1.25. The second-order valence-corrected chi connectivity index (χ2v) is 6.92. The van der Waals surface area contributed by atoms with Crippen molar-refractivity contribution in [1.29, 1.82) is 0 Å². The van der Waals surface area contributed by atoms with Crippen LogP contribution < -0.4 is 5.32 Å². The summed E-state index contributed by atoms with van der Waals surface area (Å²) in [5, 5.41) is 8.26. The fraction of sp³-hybridized carbons (Fsp3) is 0.529. The standard InChI is InChI=1S/C17H22ClN5O2/c18-13-7-20-23(8-13)6-5-22-9-15-16(10-22)25-12-14(11-24-15)21-17-3-1-2-4-19-17/h1-4,7-8,14-16H,5-6,9-12H2,(H,19,21)/t15-,16-/m0/s1. The summed E-state index contributed by atoms with van der Waals surface area (Å²) in [5.41, 5.74) is 0. The molecule has 0 unspecified atom stereocenters. The van der Waals surface area contributed by atoms with Crippen LogP contribution in [0.25, 0.3) is 0 Å². The number of halogens is 1. The van der Waals surface area contributed by atoms with Gasteiger partial charge in [0.2, 0.25) is 0 Å². The zero-order valence-electron chi connectivity index (χ0n) is 13.9. The third-order valence-electron chi connectivity index (χ3n) is 4.58. The van der Waals surface area contributed by atoms with Gasteiger partial charge in [-0.25, -0.2) is 4.98 Å². The number of rotatable bonds is 5. The molecule has 2 saturated heterocycles. The second-order valence-electron chi connectivity index (χ2n) is 6.48. The summed E-state index contributed by atoms with van der Waals surface area (Å²) in [7, 11) is 0. The topological polar surface area (TPSA) is 64.4 Å². The predicted octanol–water partition coefficient (Wildman–Crippen LogP) is 1.51. The van der Waals surface area contributed by atoms with Gasteiger partial charge in [0.1, 0.15) is 5.82 Å². The van der Waals surface area contributed by atoms with E-state index in [1.807, 2.05) is 29.1 Å². The first-order valence-corrected chi connectivity index (χ1v) is 8.95. The van der Waals surface area contributed by atoms with Gasteiger partial charge in [-0.05, 0) is 12.1 Å². The van der Waals surface area contributed by atoms with Crippen LogP contribution in [0.3, 0.4) is 0 Å². The molecule has 2 aromatic heterocycles. The third kappa shape index (κ3) is 4.30. The maximum atomic E-state index is 6.10. The number of hydrogen-bond acceptors (Lipinski definition) is 6. The van der Waals surface area contributed by atoms with Gasteiger partial charge in [-0.1, -0.05) is 17.7 Å². The van der Waals surface area contributed by atoms with E-state index in [2.05, 4.69) is 20.3 Å². The van der Waals surface area contributed by atoms with Crippen LogP contribution in [-0.4, -0.2) is 70.8 Å². The van der Waals surface area contributed by atoms with E-state index >= 15 is 0 Å². The SMILES string of the molecule is Clc1cnn(CCN2C[C@@H]3OCC(Nc4ccccn4)CO[C@H]3C2)c1. The number of likely N-dealkylation sites (tertiary alicyclic amines) is 1. The predicted molar refractivity (Wildman–Crippen MR) is 94.8 cm³/mol. The minimum atomic E-state index is 0.122. The van der Waals surface area contributed by atoms with Gasteiger partial charge in [0.25, 0.3) is 0 Å². The lowest BCUT2D eigenvalue weighted by atomic mass is 10.3. The Morgan fingerprint density at radius 1 is 1.16 bits per heavy atom. The van der Waals surface area contributed by atoms with Gasteiger partial charge in [-0.3, -0.25) is 9.58 Å². The highest BCUT2D eigenvalue weighted by atomic mass is 35.5. The van der Waals surface area contributed by atoms with E-state index < -0.39 is 0 Å². The average molecular weight is 364 g/mol. The van der Waals surface area contributed by atoms with Crippen LogP contribution in [0.5, 0.6) is 0 Å². The van der Waals surface area contributed by atoms with E-state index in [4.69, 9.17) is 21.1 Å². The molecule has 25 heavy (non-hydrogen) atoms. The molecule has 0 aliphatic carbocycles. The highest BCUT2D eigenvalue weighted by Gasteiger charge is 2.37. The van der Waals surface area contributed by atoms with E-state index in [-0.39, 0.29) is 18.2 Å². The van der Waals surface area contributed by atoms with Gasteiger partial charge in [-0.15, -0.1) is 0 Å². The molecule has 2 aliphatic heterocycles. The normalized spacial score (nSPS) is 24.8. The maximum absolute atomic E-state index is 6.10. The molecule has 0 amide bonds. The van der Waals surface area contributed by atoms with E-state index in [1.54, 1.807) is 12.4 Å². The van der Waals surface area contributed by atoms with Crippen molar-refractivity contribution in [3.05, 3.63) is 41.8 Å². The monoisotopic (exact) mass is 363 g/mol. The van der Waals surface area contributed by atoms with Gasteiger partial charge in [0.05, 0.1) is 49.2 Å². The van der Waals surface area contributed by atoms with Gasteiger partial charge < -0.3 is 14.8 Å². The molecular weight excluding hydrogens is 342 g/mol. The van der Waals surface area contributed by atoms with Crippen LogP contribution in [0.2, 0.25) is 5.02 Å². The van der Waals surface area contributed by atoms with Crippen LogP contribution in [0.15, 0.2) is 36.8 Å². The molecule has 134 valence electrons. The summed E-state index contributed by atoms with van der Waals surface area (Å²) < 4.78 is 14.1. The summed E-state index contributed by atoms with van der Waals surface area (Å²) in [6.45, 7) is 4.75. The number of nitrogens with zero attached hydrogens (tertiary/aromatic N) is 4. The molecule has 7 nitrogen and oxygen atoms in total. The molecule has 0 bridgehead atoms. The van der Waals surface area contributed by atoms with Crippen molar-refractivity contribution >= 4 is 17.4 Å². The van der Waals surface area contributed by atoms with Crippen LogP contribution in [0.4, 0.5) is 5.82 Å². The van der Waals surface area contributed by atoms with Crippen molar-refractivity contribution in [2.45, 2.75) is 24.8 Å².